The second-order valence-corrected chi connectivity index (χ2v) is 6.43. The van der Waals surface area contributed by atoms with Crippen LogP contribution in [0.3, 0.4) is 0 Å². The number of benzene rings is 1. The zero-order valence-electron chi connectivity index (χ0n) is 13.8. The van der Waals surface area contributed by atoms with Gasteiger partial charge in [-0.05, 0) is 30.4 Å². The summed E-state index contributed by atoms with van der Waals surface area (Å²) >= 11 is 0. The van der Waals surface area contributed by atoms with Crippen LogP contribution < -0.4 is 0 Å². The molecule has 2 aliphatic rings. The largest absolute Gasteiger partial charge is 0.373 e. The molecule has 3 heterocycles. The number of aromatic nitrogens is 2. The van der Waals surface area contributed by atoms with Crippen LogP contribution in [0.15, 0.2) is 28.8 Å². The minimum absolute atomic E-state index is 0.0752. The van der Waals surface area contributed by atoms with Gasteiger partial charge in [-0.1, -0.05) is 29.4 Å². The second-order valence-electron chi connectivity index (χ2n) is 6.43. The van der Waals surface area contributed by atoms with E-state index in [1.54, 1.807) is 6.92 Å². The number of hydrogen-bond acceptors (Lipinski definition) is 5. The molecule has 1 amide bonds. The lowest BCUT2D eigenvalue weighted by molar-refractivity contribution is -0.135. The number of rotatable bonds is 3. The minimum atomic E-state index is -0.157. The molecule has 1 aromatic heterocycles. The van der Waals surface area contributed by atoms with E-state index in [1.165, 1.54) is 5.56 Å². The third kappa shape index (κ3) is 2.82. The van der Waals surface area contributed by atoms with E-state index in [9.17, 15) is 4.79 Å². The van der Waals surface area contributed by atoms with Crippen molar-refractivity contribution in [1.82, 2.24) is 15.0 Å². The van der Waals surface area contributed by atoms with Crippen molar-refractivity contribution < 1.29 is 14.1 Å². The zero-order valence-corrected chi connectivity index (χ0v) is 13.8. The lowest BCUT2D eigenvalue weighted by Gasteiger charge is -2.29. The van der Waals surface area contributed by atoms with E-state index >= 15 is 0 Å². The van der Waals surface area contributed by atoms with Crippen molar-refractivity contribution in [2.75, 3.05) is 13.2 Å². The molecule has 1 fully saturated rings. The Hall–Kier alpha value is -2.21. The second kappa shape index (κ2) is 6.36. The summed E-state index contributed by atoms with van der Waals surface area (Å²) in [6.07, 6.45) is 2.97. The van der Waals surface area contributed by atoms with E-state index in [2.05, 4.69) is 22.3 Å². The van der Waals surface area contributed by atoms with Crippen LogP contribution in [0.2, 0.25) is 0 Å². The molecule has 4 rings (SSSR count). The summed E-state index contributed by atoms with van der Waals surface area (Å²) in [6, 6.07) is 8.16. The van der Waals surface area contributed by atoms with Crippen molar-refractivity contribution in [3.05, 3.63) is 47.1 Å². The maximum atomic E-state index is 12.9. The predicted molar refractivity (Wildman–Crippen MR) is 86.2 cm³/mol. The van der Waals surface area contributed by atoms with Crippen LogP contribution in [0.4, 0.5) is 0 Å². The molecular weight excluding hydrogens is 306 g/mol. The summed E-state index contributed by atoms with van der Waals surface area (Å²) in [5, 5.41) is 4.00. The molecule has 0 aliphatic carbocycles. The van der Waals surface area contributed by atoms with Gasteiger partial charge >= 0.3 is 0 Å². The zero-order chi connectivity index (χ0) is 16.5. The van der Waals surface area contributed by atoms with Crippen molar-refractivity contribution in [2.24, 2.45) is 0 Å². The Balaban J connectivity index is 1.50. The van der Waals surface area contributed by atoms with Crippen LogP contribution in [0.1, 0.15) is 54.3 Å². The highest BCUT2D eigenvalue weighted by atomic mass is 16.5. The Morgan fingerprint density at radius 3 is 3.08 bits per heavy atom. The van der Waals surface area contributed by atoms with E-state index in [-0.39, 0.29) is 18.1 Å². The van der Waals surface area contributed by atoms with Crippen molar-refractivity contribution in [3.63, 3.8) is 0 Å². The molecule has 2 aromatic rings. The van der Waals surface area contributed by atoms with Gasteiger partial charge in [-0.25, -0.2) is 0 Å². The SMILES string of the molecule is Cc1nc(C2CCCN2C(=O)CC2OCCc3ccccc32)no1. The maximum Gasteiger partial charge on any atom is 0.226 e. The van der Waals surface area contributed by atoms with Crippen molar-refractivity contribution >= 4 is 5.91 Å². The average Bonchev–Trinajstić information content (AvgIpc) is 3.24. The number of amides is 1. The summed E-state index contributed by atoms with van der Waals surface area (Å²) in [6.45, 7) is 3.18. The summed E-state index contributed by atoms with van der Waals surface area (Å²) < 4.78 is 11.0. The highest BCUT2D eigenvalue weighted by Crippen LogP contribution is 2.34. The van der Waals surface area contributed by atoms with E-state index in [4.69, 9.17) is 9.26 Å². The molecule has 2 atom stereocenters. The third-order valence-electron chi connectivity index (χ3n) is 4.87. The van der Waals surface area contributed by atoms with E-state index in [0.29, 0.717) is 24.7 Å². The smallest absolute Gasteiger partial charge is 0.226 e. The number of ether oxygens (including phenoxy) is 1. The lowest BCUT2D eigenvalue weighted by atomic mass is 9.95. The predicted octanol–water partition coefficient (Wildman–Crippen LogP) is 2.75. The van der Waals surface area contributed by atoms with Gasteiger partial charge in [-0.2, -0.15) is 4.98 Å². The molecule has 0 spiro atoms. The quantitative estimate of drug-likeness (QED) is 0.867. The first kappa shape index (κ1) is 15.3. The first-order chi connectivity index (χ1) is 11.7. The molecule has 24 heavy (non-hydrogen) atoms. The molecule has 2 aliphatic heterocycles. The number of fused-ring (bicyclic) bond motifs is 1. The fourth-order valence-corrected chi connectivity index (χ4v) is 3.71. The monoisotopic (exact) mass is 327 g/mol. The van der Waals surface area contributed by atoms with Crippen LogP contribution in [-0.2, 0) is 16.0 Å². The first-order valence-electron chi connectivity index (χ1n) is 8.51. The molecule has 0 radical (unpaired) electrons. The number of likely N-dealkylation sites (tertiary alicyclic amines) is 1. The highest BCUT2D eigenvalue weighted by molar-refractivity contribution is 5.77. The highest BCUT2D eigenvalue weighted by Gasteiger charge is 2.35. The van der Waals surface area contributed by atoms with Gasteiger partial charge in [0.2, 0.25) is 11.8 Å². The fourth-order valence-electron chi connectivity index (χ4n) is 3.71. The number of carbonyl (C=O) groups is 1. The van der Waals surface area contributed by atoms with Gasteiger partial charge in [0.05, 0.1) is 25.2 Å². The van der Waals surface area contributed by atoms with E-state index in [1.807, 2.05) is 17.0 Å². The lowest BCUT2D eigenvalue weighted by Crippen LogP contribution is -2.33. The van der Waals surface area contributed by atoms with Crippen LogP contribution >= 0.6 is 0 Å². The van der Waals surface area contributed by atoms with E-state index < -0.39 is 0 Å². The topological polar surface area (TPSA) is 68.5 Å². The van der Waals surface area contributed by atoms with Gasteiger partial charge < -0.3 is 14.2 Å². The Morgan fingerprint density at radius 1 is 1.38 bits per heavy atom. The summed E-state index contributed by atoms with van der Waals surface area (Å²) in [5.41, 5.74) is 2.43. The van der Waals surface area contributed by atoms with Crippen LogP contribution in [0, 0.1) is 6.92 Å². The summed E-state index contributed by atoms with van der Waals surface area (Å²) in [7, 11) is 0. The van der Waals surface area contributed by atoms with Gasteiger partial charge in [-0.15, -0.1) is 0 Å². The molecule has 1 aromatic carbocycles. The number of carbonyl (C=O) groups excluding carboxylic acids is 1. The molecule has 0 bridgehead atoms. The molecule has 1 saturated heterocycles. The Kier molecular flexibility index (Phi) is 4.06. The first-order valence-corrected chi connectivity index (χ1v) is 8.51. The number of hydrogen-bond donors (Lipinski definition) is 0. The number of aryl methyl sites for hydroxylation is 1. The van der Waals surface area contributed by atoms with Gasteiger partial charge in [0, 0.05) is 13.5 Å². The Bertz CT molecular complexity index is 743. The van der Waals surface area contributed by atoms with Crippen molar-refractivity contribution in [3.8, 4) is 0 Å². The molecule has 126 valence electrons. The molecule has 6 nitrogen and oxygen atoms in total. The standard InChI is InChI=1S/C18H21N3O3/c1-12-19-18(20-24-12)15-7-4-9-21(15)17(22)11-16-14-6-3-2-5-13(14)8-10-23-16/h2-3,5-6,15-16H,4,7-11H2,1H3. The molecule has 0 N–H and O–H groups in total. The molecule has 2 unspecified atom stereocenters. The fraction of sp³-hybridized carbons (Fsp3) is 0.500. The van der Waals surface area contributed by atoms with Gasteiger partial charge in [0.25, 0.3) is 0 Å². The normalized spacial score (nSPS) is 23.3. The molecule has 0 saturated carbocycles. The van der Waals surface area contributed by atoms with Crippen LogP contribution in [0.5, 0.6) is 0 Å². The van der Waals surface area contributed by atoms with E-state index in [0.717, 1.165) is 31.4 Å². The van der Waals surface area contributed by atoms with Gasteiger partial charge in [0.1, 0.15) is 0 Å². The summed E-state index contributed by atoms with van der Waals surface area (Å²) in [4.78, 5) is 19.1. The molecular formula is C18H21N3O3. The maximum absolute atomic E-state index is 12.9. The minimum Gasteiger partial charge on any atom is -0.373 e. The van der Waals surface area contributed by atoms with Crippen molar-refractivity contribution in [1.29, 1.82) is 0 Å². The van der Waals surface area contributed by atoms with Crippen LogP contribution in [-0.4, -0.2) is 34.1 Å². The van der Waals surface area contributed by atoms with Crippen molar-refractivity contribution in [2.45, 2.75) is 44.8 Å². The van der Waals surface area contributed by atoms with Crippen LogP contribution in [0.25, 0.3) is 0 Å². The number of nitrogens with zero attached hydrogens (tertiary/aromatic N) is 3. The van der Waals surface area contributed by atoms with Gasteiger partial charge in [-0.3, -0.25) is 4.79 Å². The Labute approximate surface area is 140 Å². The average molecular weight is 327 g/mol. The Morgan fingerprint density at radius 2 is 2.25 bits per heavy atom. The summed E-state index contributed by atoms with van der Waals surface area (Å²) in [5.74, 6) is 1.25. The molecule has 6 heteroatoms. The third-order valence-corrected chi connectivity index (χ3v) is 4.87. The van der Waals surface area contributed by atoms with Gasteiger partial charge in [0.15, 0.2) is 5.82 Å².